The third-order valence-electron chi connectivity index (χ3n) is 8.06. The Labute approximate surface area is 255 Å². The van der Waals surface area contributed by atoms with Crippen LogP contribution in [-0.4, -0.2) is 44.0 Å². The molecule has 4 aromatic carbocycles. The Morgan fingerprint density at radius 1 is 0.977 bits per heavy atom. The van der Waals surface area contributed by atoms with E-state index in [4.69, 9.17) is 14.9 Å². The predicted molar refractivity (Wildman–Crippen MR) is 168 cm³/mol. The van der Waals surface area contributed by atoms with E-state index in [-0.39, 0.29) is 29.2 Å². The van der Waals surface area contributed by atoms with Gasteiger partial charge < -0.3 is 25.1 Å². The Bertz CT molecular complexity index is 1830. The van der Waals surface area contributed by atoms with Crippen molar-refractivity contribution >= 4 is 22.8 Å². The number of rotatable bonds is 11. The molecule has 8 heteroatoms. The molecule has 3 N–H and O–H groups in total. The SMILES string of the molecule is CN(C)CCOc1ccc(C(=O)NC2(c3ccccc3)CC2)cc1-c1ccc2oc(Cc3ccc(F)cc3)c(C(N)=O)c2c1. The maximum atomic E-state index is 13.6. The molecule has 2 amide bonds. The number of hydrogen-bond donors (Lipinski definition) is 2. The highest BCUT2D eigenvalue weighted by Crippen LogP contribution is 2.46. The van der Waals surface area contributed by atoms with Crippen molar-refractivity contribution in [3.63, 3.8) is 0 Å². The lowest BCUT2D eigenvalue weighted by Crippen LogP contribution is -2.34. The van der Waals surface area contributed by atoms with Gasteiger partial charge in [0.1, 0.15) is 29.5 Å². The van der Waals surface area contributed by atoms with Crippen molar-refractivity contribution in [3.8, 4) is 16.9 Å². The Morgan fingerprint density at radius 3 is 2.41 bits per heavy atom. The van der Waals surface area contributed by atoms with Gasteiger partial charge in [-0.2, -0.15) is 0 Å². The van der Waals surface area contributed by atoms with E-state index in [9.17, 15) is 14.0 Å². The Kier molecular flexibility index (Phi) is 7.93. The van der Waals surface area contributed by atoms with Gasteiger partial charge in [-0.15, -0.1) is 0 Å². The van der Waals surface area contributed by atoms with Gasteiger partial charge in [-0.3, -0.25) is 9.59 Å². The molecule has 0 saturated heterocycles. The summed E-state index contributed by atoms with van der Waals surface area (Å²) < 4.78 is 25.7. The van der Waals surface area contributed by atoms with Crippen molar-refractivity contribution in [2.24, 2.45) is 5.73 Å². The first-order chi connectivity index (χ1) is 21.2. The molecular formula is C36H34FN3O4. The predicted octanol–water partition coefficient (Wildman–Crippen LogP) is 6.29. The van der Waals surface area contributed by atoms with E-state index in [1.165, 1.54) is 12.1 Å². The molecule has 6 rings (SSSR count). The summed E-state index contributed by atoms with van der Waals surface area (Å²) in [6.07, 6.45) is 2.05. The number of benzene rings is 4. The first kappa shape index (κ1) is 29.1. The molecule has 1 aliphatic carbocycles. The second kappa shape index (κ2) is 12.0. The second-order valence-electron chi connectivity index (χ2n) is 11.5. The minimum Gasteiger partial charge on any atom is -0.492 e. The highest BCUT2D eigenvalue weighted by Gasteiger charge is 2.45. The zero-order valence-electron chi connectivity index (χ0n) is 24.7. The third kappa shape index (κ3) is 6.07. The third-order valence-corrected chi connectivity index (χ3v) is 8.06. The summed E-state index contributed by atoms with van der Waals surface area (Å²) in [6, 6.07) is 27.0. The van der Waals surface area contributed by atoms with Crippen LogP contribution < -0.4 is 15.8 Å². The van der Waals surface area contributed by atoms with E-state index in [1.807, 2.05) is 73.6 Å². The summed E-state index contributed by atoms with van der Waals surface area (Å²) >= 11 is 0. The molecule has 0 atom stereocenters. The van der Waals surface area contributed by atoms with Gasteiger partial charge in [0.2, 0.25) is 0 Å². The molecule has 224 valence electrons. The van der Waals surface area contributed by atoms with Crippen LogP contribution in [0.25, 0.3) is 22.1 Å². The van der Waals surface area contributed by atoms with Gasteiger partial charge in [0, 0.05) is 29.5 Å². The number of carbonyl (C=O) groups is 2. The molecule has 0 unspecified atom stereocenters. The van der Waals surface area contributed by atoms with E-state index in [0.717, 1.165) is 29.5 Å². The van der Waals surface area contributed by atoms with Gasteiger partial charge in [-0.05, 0) is 86.1 Å². The monoisotopic (exact) mass is 591 g/mol. The molecule has 1 heterocycles. The summed E-state index contributed by atoms with van der Waals surface area (Å²) in [6.45, 7) is 1.16. The number of carbonyl (C=O) groups excluding carboxylic acids is 2. The largest absolute Gasteiger partial charge is 0.492 e. The number of amides is 2. The van der Waals surface area contributed by atoms with Crippen LogP contribution >= 0.6 is 0 Å². The van der Waals surface area contributed by atoms with E-state index in [0.29, 0.717) is 46.8 Å². The standard InChI is InChI=1S/C36H34FN3O4/c1-40(2)18-19-43-30-14-11-25(35(42)39-36(16-17-36)26-6-4-3-5-7-26)22-28(30)24-10-15-31-29(21-24)33(34(38)41)32(44-31)20-23-8-12-27(37)13-9-23/h3-15,21-22H,16-20H2,1-2H3,(H2,38,41)(H,39,42). The van der Waals surface area contributed by atoms with Crippen molar-refractivity contribution in [1.82, 2.24) is 10.2 Å². The van der Waals surface area contributed by atoms with E-state index >= 15 is 0 Å². The zero-order valence-corrected chi connectivity index (χ0v) is 24.7. The summed E-state index contributed by atoms with van der Waals surface area (Å²) in [5.41, 5.74) is 10.1. The second-order valence-corrected chi connectivity index (χ2v) is 11.5. The molecule has 0 bridgehead atoms. The number of nitrogens with zero attached hydrogens (tertiary/aromatic N) is 1. The fourth-order valence-corrected chi connectivity index (χ4v) is 5.52. The Balaban J connectivity index is 1.37. The fourth-order valence-electron chi connectivity index (χ4n) is 5.52. The lowest BCUT2D eigenvalue weighted by molar-refractivity contribution is 0.0929. The molecule has 44 heavy (non-hydrogen) atoms. The smallest absolute Gasteiger partial charge is 0.252 e. The quantitative estimate of drug-likeness (QED) is 0.188. The fraction of sp³-hybridized carbons (Fsp3) is 0.222. The van der Waals surface area contributed by atoms with Crippen LogP contribution in [0.4, 0.5) is 4.39 Å². The van der Waals surface area contributed by atoms with Crippen LogP contribution in [0.3, 0.4) is 0 Å². The Hall–Kier alpha value is -4.95. The first-order valence-corrected chi connectivity index (χ1v) is 14.6. The molecule has 1 aliphatic rings. The average Bonchev–Trinajstić information content (AvgIpc) is 3.70. The number of nitrogens with two attached hydrogens (primary N) is 1. The van der Waals surface area contributed by atoms with E-state index < -0.39 is 5.91 Å². The summed E-state index contributed by atoms with van der Waals surface area (Å²) in [5.74, 6) is -0.115. The Morgan fingerprint density at radius 2 is 1.73 bits per heavy atom. The molecule has 0 radical (unpaired) electrons. The number of furan rings is 1. The minimum absolute atomic E-state index is 0.170. The number of hydrogen-bond acceptors (Lipinski definition) is 5. The van der Waals surface area contributed by atoms with Gasteiger partial charge in [0.25, 0.3) is 11.8 Å². The van der Waals surface area contributed by atoms with Crippen molar-refractivity contribution in [1.29, 1.82) is 0 Å². The first-order valence-electron chi connectivity index (χ1n) is 14.6. The normalized spacial score (nSPS) is 13.6. The topological polar surface area (TPSA) is 97.8 Å². The van der Waals surface area contributed by atoms with Crippen LogP contribution in [0, 0.1) is 5.82 Å². The number of fused-ring (bicyclic) bond motifs is 1. The average molecular weight is 592 g/mol. The molecular weight excluding hydrogens is 557 g/mol. The zero-order chi connectivity index (χ0) is 30.8. The molecule has 1 fully saturated rings. The van der Waals surface area contributed by atoms with Crippen molar-refractivity contribution in [2.45, 2.75) is 24.8 Å². The van der Waals surface area contributed by atoms with Crippen LogP contribution in [0.15, 0.2) is 95.4 Å². The van der Waals surface area contributed by atoms with Gasteiger partial charge in [-0.25, -0.2) is 4.39 Å². The maximum absolute atomic E-state index is 13.6. The number of halogens is 1. The highest BCUT2D eigenvalue weighted by molar-refractivity contribution is 6.07. The van der Waals surface area contributed by atoms with Crippen molar-refractivity contribution < 1.29 is 23.1 Å². The van der Waals surface area contributed by atoms with E-state index in [2.05, 4.69) is 5.32 Å². The summed E-state index contributed by atoms with van der Waals surface area (Å²) in [4.78, 5) is 28.3. The highest BCUT2D eigenvalue weighted by atomic mass is 19.1. The number of ether oxygens (including phenoxy) is 1. The lowest BCUT2D eigenvalue weighted by Gasteiger charge is -2.19. The molecule has 1 aromatic heterocycles. The molecule has 7 nitrogen and oxygen atoms in total. The minimum atomic E-state index is -0.621. The number of primary amides is 1. The lowest BCUT2D eigenvalue weighted by atomic mass is 9.97. The van der Waals surface area contributed by atoms with Gasteiger partial charge in [0.05, 0.1) is 11.1 Å². The maximum Gasteiger partial charge on any atom is 0.252 e. The van der Waals surface area contributed by atoms with E-state index in [1.54, 1.807) is 24.3 Å². The molecule has 0 aliphatic heterocycles. The van der Waals surface area contributed by atoms with Crippen molar-refractivity contribution in [2.75, 3.05) is 27.2 Å². The van der Waals surface area contributed by atoms with Crippen LogP contribution in [-0.2, 0) is 12.0 Å². The van der Waals surface area contributed by atoms with Crippen molar-refractivity contribution in [3.05, 3.63) is 125 Å². The van der Waals surface area contributed by atoms with Crippen LogP contribution in [0.1, 0.15) is 50.4 Å². The van der Waals surface area contributed by atoms with Gasteiger partial charge in [-0.1, -0.05) is 48.5 Å². The summed E-state index contributed by atoms with van der Waals surface area (Å²) in [7, 11) is 3.94. The van der Waals surface area contributed by atoms with Crippen LogP contribution in [0.2, 0.25) is 0 Å². The summed E-state index contributed by atoms with van der Waals surface area (Å²) in [5, 5.41) is 3.81. The van der Waals surface area contributed by atoms with Crippen LogP contribution in [0.5, 0.6) is 5.75 Å². The van der Waals surface area contributed by atoms with Gasteiger partial charge >= 0.3 is 0 Å². The number of likely N-dealkylation sites (N-methyl/N-ethyl adjacent to an activating group) is 1. The van der Waals surface area contributed by atoms with Gasteiger partial charge in [0.15, 0.2) is 0 Å². The molecule has 1 saturated carbocycles. The molecule has 0 spiro atoms. The molecule has 5 aromatic rings. The number of nitrogens with one attached hydrogen (secondary N) is 1.